The Bertz CT molecular complexity index is 937. The van der Waals surface area contributed by atoms with Gasteiger partial charge in [-0.05, 0) is 30.2 Å². The van der Waals surface area contributed by atoms with Gasteiger partial charge in [-0.15, -0.1) is 4.40 Å². The first kappa shape index (κ1) is 17.9. The van der Waals surface area contributed by atoms with Crippen molar-refractivity contribution in [3.8, 4) is 0 Å². The van der Waals surface area contributed by atoms with Crippen LogP contribution in [0.1, 0.15) is 11.5 Å². The van der Waals surface area contributed by atoms with E-state index in [4.69, 9.17) is 5.73 Å². The van der Waals surface area contributed by atoms with Gasteiger partial charge in [0.15, 0.2) is 0 Å². The first-order chi connectivity index (χ1) is 13.0. The minimum Gasteiger partial charge on any atom is -0.338 e. The van der Waals surface area contributed by atoms with Crippen LogP contribution in [0.2, 0.25) is 0 Å². The molecular formula is C19H22N4O3S. The zero-order valence-electron chi connectivity index (χ0n) is 14.9. The van der Waals surface area contributed by atoms with Gasteiger partial charge in [0, 0.05) is 31.8 Å². The van der Waals surface area contributed by atoms with E-state index in [1.807, 2.05) is 23.1 Å². The van der Waals surface area contributed by atoms with Crippen LogP contribution in [0.3, 0.4) is 0 Å². The first-order valence-electron chi connectivity index (χ1n) is 9.00. The molecule has 1 aromatic carbocycles. The smallest absolute Gasteiger partial charge is 0.256 e. The number of likely N-dealkylation sites (tertiary alicyclic amines) is 1. The second-order valence-electron chi connectivity index (χ2n) is 7.07. The van der Waals surface area contributed by atoms with Crippen LogP contribution in [0.25, 0.3) is 0 Å². The maximum Gasteiger partial charge on any atom is 0.256 e. The number of hydrogen-bond acceptors (Lipinski definition) is 5. The van der Waals surface area contributed by atoms with Gasteiger partial charge in [0.05, 0.1) is 11.3 Å². The molecule has 27 heavy (non-hydrogen) atoms. The third-order valence-corrected chi connectivity index (χ3v) is 6.49. The fourth-order valence-electron chi connectivity index (χ4n) is 3.86. The van der Waals surface area contributed by atoms with Crippen LogP contribution in [0.15, 0.2) is 58.7 Å². The molecule has 0 spiro atoms. The van der Waals surface area contributed by atoms with Crippen molar-refractivity contribution >= 4 is 21.8 Å². The molecule has 2 atom stereocenters. The molecule has 142 valence electrons. The van der Waals surface area contributed by atoms with Gasteiger partial charge in [0.2, 0.25) is 0 Å². The Morgan fingerprint density at radius 2 is 1.96 bits per heavy atom. The Kier molecular flexibility index (Phi) is 4.61. The number of amidine groups is 1. The second-order valence-corrected chi connectivity index (χ2v) is 8.82. The van der Waals surface area contributed by atoms with Crippen LogP contribution < -0.4 is 5.73 Å². The molecule has 0 aromatic heterocycles. The van der Waals surface area contributed by atoms with Gasteiger partial charge in [-0.2, -0.15) is 0 Å². The highest BCUT2D eigenvalue weighted by molar-refractivity contribution is 7.90. The fourth-order valence-corrected chi connectivity index (χ4v) is 4.83. The molecule has 4 rings (SSSR count). The van der Waals surface area contributed by atoms with E-state index in [1.165, 1.54) is 5.56 Å². The number of carbonyl (C=O) groups is 1. The second kappa shape index (κ2) is 6.94. The third-order valence-electron chi connectivity index (χ3n) is 5.33. The molecule has 1 aromatic rings. The van der Waals surface area contributed by atoms with Gasteiger partial charge in [-0.1, -0.05) is 30.3 Å². The monoisotopic (exact) mass is 386 g/mol. The van der Waals surface area contributed by atoms with Crippen LogP contribution in [-0.2, 0) is 14.8 Å². The molecule has 3 heterocycles. The van der Waals surface area contributed by atoms with Crippen molar-refractivity contribution in [2.45, 2.75) is 5.92 Å². The van der Waals surface area contributed by atoms with E-state index in [1.54, 1.807) is 23.3 Å². The summed E-state index contributed by atoms with van der Waals surface area (Å²) >= 11 is 0. The number of rotatable bonds is 3. The number of hydrogen-bond donors (Lipinski definition) is 1. The van der Waals surface area contributed by atoms with Crippen molar-refractivity contribution in [3.63, 3.8) is 0 Å². The highest BCUT2D eigenvalue weighted by Crippen LogP contribution is 2.33. The fraction of sp³-hybridized carbons (Fsp3) is 0.368. The van der Waals surface area contributed by atoms with Crippen LogP contribution in [0.4, 0.5) is 0 Å². The largest absolute Gasteiger partial charge is 0.338 e. The van der Waals surface area contributed by atoms with Crippen molar-refractivity contribution in [3.05, 3.63) is 59.8 Å². The molecule has 2 N–H and O–H groups in total. The molecule has 1 fully saturated rings. The number of benzene rings is 1. The standard InChI is InChI=1S/C19H22N4O3S/c20-10-16-12-23(13-17(16)14-4-2-1-3-5-14)19(24)15-6-7-18-21-27(25,26)9-8-22(18)11-15/h1-7,11,16-17H,8-10,12-13,20H2/t16-,17+/m1/s1. The summed E-state index contributed by atoms with van der Waals surface area (Å²) in [7, 11) is -3.40. The van der Waals surface area contributed by atoms with E-state index in [0.29, 0.717) is 37.6 Å². The molecule has 0 radical (unpaired) electrons. The molecule has 0 unspecified atom stereocenters. The summed E-state index contributed by atoms with van der Waals surface area (Å²) in [5.41, 5.74) is 7.71. The first-order valence-corrected chi connectivity index (χ1v) is 10.6. The van der Waals surface area contributed by atoms with Crippen LogP contribution in [0.5, 0.6) is 0 Å². The molecule has 8 heteroatoms. The maximum atomic E-state index is 13.0. The van der Waals surface area contributed by atoms with E-state index >= 15 is 0 Å². The van der Waals surface area contributed by atoms with E-state index in [9.17, 15) is 13.2 Å². The van der Waals surface area contributed by atoms with E-state index in [-0.39, 0.29) is 23.5 Å². The number of nitrogens with two attached hydrogens (primary N) is 1. The van der Waals surface area contributed by atoms with Crippen molar-refractivity contribution in [1.29, 1.82) is 0 Å². The lowest BCUT2D eigenvalue weighted by molar-refractivity contribution is -0.126. The van der Waals surface area contributed by atoms with Gasteiger partial charge in [-0.3, -0.25) is 4.79 Å². The lowest BCUT2D eigenvalue weighted by Crippen LogP contribution is -2.38. The minimum atomic E-state index is -3.40. The number of fused-ring (bicyclic) bond motifs is 1. The van der Waals surface area contributed by atoms with E-state index in [0.717, 1.165) is 0 Å². The highest BCUT2D eigenvalue weighted by Gasteiger charge is 2.36. The Labute approximate surface area is 158 Å². The molecule has 1 amide bonds. The molecule has 3 aliphatic rings. The van der Waals surface area contributed by atoms with Gasteiger partial charge in [-0.25, -0.2) is 8.42 Å². The lowest BCUT2D eigenvalue weighted by Gasteiger charge is -2.28. The average molecular weight is 386 g/mol. The Hall–Kier alpha value is -2.45. The Balaban J connectivity index is 1.53. The van der Waals surface area contributed by atoms with Crippen molar-refractivity contribution in [2.24, 2.45) is 16.0 Å². The summed E-state index contributed by atoms with van der Waals surface area (Å²) in [5, 5.41) is 0. The maximum absolute atomic E-state index is 13.0. The topological polar surface area (TPSA) is 96.1 Å². The molecule has 0 aliphatic carbocycles. The summed E-state index contributed by atoms with van der Waals surface area (Å²) in [6, 6.07) is 10.2. The highest BCUT2D eigenvalue weighted by atomic mass is 32.2. The SMILES string of the molecule is NC[C@@H]1CN(C(=O)C2=CN3CCS(=O)(=O)N=C3C=C2)C[C@H]1c1ccccc1. The summed E-state index contributed by atoms with van der Waals surface area (Å²) in [6.45, 7) is 2.08. The zero-order valence-corrected chi connectivity index (χ0v) is 15.7. The summed E-state index contributed by atoms with van der Waals surface area (Å²) in [4.78, 5) is 16.6. The lowest BCUT2D eigenvalue weighted by atomic mass is 9.89. The van der Waals surface area contributed by atoms with Crippen LogP contribution in [-0.4, -0.2) is 61.9 Å². The minimum absolute atomic E-state index is 0.0443. The molecule has 0 saturated carbocycles. The van der Waals surface area contributed by atoms with Crippen LogP contribution in [0, 0.1) is 5.92 Å². The van der Waals surface area contributed by atoms with E-state index in [2.05, 4.69) is 16.5 Å². The summed E-state index contributed by atoms with van der Waals surface area (Å²) in [6.07, 6.45) is 4.93. The van der Waals surface area contributed by atoms with Crippen LogP contribution >= 0.6 is 0 Å². The average Bonchev–Trinajstić information content (AvgIpc) is 3.11. The molecular weight excluding hydrogens is 364 g/mol. The third kappa shape index (κ3) is 3.54. The van der Waals surface area contributed by atoms with Crippen molar-refractivity contribution < 1.29 is 13.2 Å². The van der Waals surface area contributed by atoms with Crippen molar-refractivity contribution in [1.82, 2.24) is 9.80 Å². The molecule has 0 bridgehead atoms. The predicted molar refractivity (Wildman–Crippen MR) is 103 cm³/mol. The number of sulfonamides is 1. The Morgan fingerprint density at radius 1 is 1.19 bits per heavy atom. The van der Waals surface area contributed by atoms with Gasteiger partial charge < -0.3 is 15.5 Å². The molecule has 7 nitrogen and oxygen atoms in total. The number of carbonyl (C=O) groups excluding carboxylic acids is 1. The number of nitrogens with zero attached hydrogens (tertiary/aromatic N) is 3. The number of amides is 1. The summed E-state index contributed by atoms with van der Waals surface area (Å²) in [5.74, 6) is 0.710. The predicted octanol–water partition coefficient (Wildman–Crippen LogP) is 0.685. The van der Waals surface area contributed by atoms with Gasteiger partial charge in [0.1, 0.15) is 5.84 Å². The van der Waals surface area contributed by atoms with E-state index < -0.39 is 10.0 Å². The quantitative estimate of drug-likeness (QED) is 0.824. The summed E-state index contributed by atoms with van der Waals surface area (Å²) < 4.78 is 27.0. The van der Waals surface area contributed by atoms with Crippen molar-refractivity contribution in [2.75, 3.05) is 31.9 Å². The molecule has 3 aliphatic heterocycles. The van der Waals surface area contributed by atoms with Gasteiger partial charge >= 0.3 is 0 Å². The molecule has 1 saturated heterocycles. The zero-order chi connectivity index (χ0) is 19.0. The van der Waals surface area contributed by atoms with Gasteiger partial charge in [0.25, 0.3) is 15.9 Å². The normalized spacial score (nSPS) is 26.4. The Morgan fingerprint density at radius 3 is 2.70 bits per heavy atom.